The van der Waals surface area contributed by atoms with E-state index in [1.165, 1.54) is 23.6 Å². The number of carbonyl (C=O) groups is 1. The summed E-state index contributed by atoms with van der Waals surface area (Å²) in [7, 11) is 2.08. The average Bonchev–Trinajstić information content (AvgIpc) is 3.77. The molecule has 0 amide bonds. The van der Waals surface area contributed by atoms with Gasteiger partial charge < -0.3 is 25.5 Å². The molecule has 3 aromatic rings. The Bertz CT molecular complexity index is 1750. The van der Waals surface area contributed by atoms with Crippen LogP contribution < -0.4 is 16.2 Å². The van der Waals surface area contributed by atoms with E-state index in [9.17, 15) is 10.1 Å². The van der Waals surface area contributed by atoms with Crippen LogP contribution in [0.25, 0.3) is 11.5 Å². The lowest BCUT2D eigenvalue weighted by molar-refractivity contribution is -0.138. The van der Waals surface area contributed by atoms with E-state index in [4.69, 9.17) is 35.4 Å². The fraction of sp³-hybridized carbons (Fsp3) is 0.455. The summed E-state index contributed by atoms with van der Waals surface area (Å²) in [4.78, 5) is 29.3. The molecule has 0 radical (unpaired) electrons. The predicted octanol–water partition coefficient (Wildman–Crippen LogP) is 4.74. The number of likely N-dealkylation sites (N-methyl/N-ethyl adjacent to an activating group) is 1. The Morgan fingerprint density at radius 1 is 1.35 bits per heavy atom. The number of aryl methyl sites for hydroxylation is 1. The van der Waals surface area contributed by atoms with Crippen molar-refractivity contribution in [2.75, 3.05) is 25.9 Å². The van der Waals surface area contributed by atoms with E-state index in [1.54, 1.807) is 19.1 Å². The Kier molecular flexibility index (Phi) is 8.93. The number of rotatable bonds is 9. The monoisotopic (exact) mass is 642 g/mol. The summed E-state index contributed by atoms with van der Waals surface area (Å²) >= 11 is 1.50. The quantitative estimate of drug-likeness (QED) is 0.142. The number of carbonyl (C=O) groups excluding carboxylic acids is 1. The molecule has 3 atom stereocenters. The van der Waals surface area contributed by atoms with Crippen molar-refractivity contribution in [2.24, 2.45) is 10.7 Å². The fourth-order valence-corrected chi connectivity index (χ4v) is 8.27. The molecule has 3 aliphatic rings. The van der Waals surface area contributed by atoms with Crippen LogP contribution in [0.1, 0.15) is 72.8 Å². The number of hydrogen-bond acceptors (Lipinski definition) is 13. The first-order chi connectivity index (χ1) is 22.3. The summed E-state index contributed by atoms with van der Waals surface area (Å²) in [6.07, 6.45) is 11.4. The van der Waals surface area contributed by atoms with Gasteiger partial charge >= 0.3 is 5.97 Å². The molecule has 4 N–H and O–H groups in total. The van der Waals surface area contributed by atoms with Crippen LogP contribution in [-0.4, -0.2) is 64.6 Å². The van der Waals surface area contributed by atoms with E-state index in [1.807, 2.05) is 0 Å². The van der Waals surface area contributed by atoms with Gasteiger partial charge in [0, 0.05) is 22.7 Å². The molecule has 2 aliphatic carbocycles. The summed E-state index contributed by atoms with van der Waals surface area (Å²) in [5, 5.41) is 15.1. The highest BCUT2D eigenvalue weighted by molar-refractivity contribution is 7.16. The van der Waals surface area contributed by atoms with Gasteiger partial charge in [0.25, 0.3) is 0 Å². The minimum absolute atomic E-state index is 0.0825. The molecule has 1 aliphatic heterocycles. The van der Waals surface area contributed by atoms with Crippen LogP contribution in [0.5, 0.6) is 5.88 Å². The lowest BCUT2D eigenvalue weighted by Gasteiger charge is -2.39. The number of ether oxygens (including phenoxy) is 2. The van der Waals surface area contributed by atoms with Gasteiger partial charge in [-0.15, -0.1) is 11.3 Å². The van der Waals surface area contributed by atoms with Gasteiger partial charge in [-0.05, 0) is 89.6 Å². The number of nitrogen functional groups attached to an aromatic ring is 1. The largest absolute Gasteiger partial charge is 0.468 e. The van der Waals surface area contributed by atoms with Crippen molar-refractivity contribution in [2.45, 2.75) is 75.9 Å². The van der Waals surface area contributed by atoms with Crippen molar-refractivity contribution in [3.63, 3.8) is 0 Å². The van der Waals surface area contributed by atoms with Crippen molar-refractivity contribution >= 4 is 34.3 Å². The molecule has 240 valence electrons. The molecule has 6 rings (SSSR count). The third kappa shape index (κ3) is 5.67. The lowest BCUT2D eigenvalue weighted by atomic mass is 9.63. The Morgan fingerprint density at radius 2 is 2.15 bits per heavy atom. The van der Waals surface area contributed by atoms with Crippen LogP contribution >= 0.6 is 11.3 Å². The number of aromatic nitrogens is 3. The van der Waals surface area contributed by atoms with Crippen molar-refractivity contribution < 1.29 is 18.8 Å². The van der Waals surface area contributed by atoms with E-state index in [2.05, 4.69) is 34.7 Å². The molecule has 0 saturated carbocycles. The van der Waals surface area contributed by atoms with E-state index in [0.717, 1.165) is 79.7 Å². The van der Waals surface area contributed by atoms with E-state index in [0.29, 0.717) is 28.0 Å². The Balaban J connectivity index is 1.42. The van der Waals surface area contributed by atoms with Crippen molar-refractivity contribution in [3.8, 4) is 23.5 Å². The van der Waals surface area contributed by atoms with Gasteiger partial charge in [0.05, 0.1) is 23.6 Å². The second kappa shape index (κ2) is 13.1. The Labute approximate surface area is 271 Å². The number of aliphatic imine (C=N–C) groups is 1. The minimum Gasteiger partial charge on any atom is -0.468 e. The Hall–Kier alpha value is -4.54. The molecule has 4 heterocycles. The van der Waals surface area contributed by atoms with Crippen LogP contribution in [-0.2, 0) is 27.8 Å². The van der Waals surface area contributed by atoms with Crippen molar-refractivity contribution in [1.82, 2.24) is 20.0 Å². The number of fused-ring (bicyclic) bond motifs is 4. The molecule has 13 heteroatoms. The summed E-state index contributed by atoms with van der Waals surface area (Å²) < 4.78 is 17.6. The maximum absolute atomic E-state index is 12.0. The van der Waals surface area contributed by atoms with Crippen LogP contribution in [0.3, 0.4) is 0 Å². The molecule has 0 aromatic carbocycles. The fourth-order valence-electron chi connectivity index (χ4n) is 7.11. The van der Waals surface area contributed by atoms with Gasteiger partial charge in [-0.2, -0.15) is 10.2 Å². The molecule has 0 bridgehead atoms. The van der Waals surface area contributed by atoms with Gasteiger partial charge in [0.2, 0.25) is 5.88 Å². The average molecular weight is 643 g/mol. The highest BCUT2D eigenvalue weighted by Crippen LogP contribution is 2.55. The second-order valence-corrected chi connectivity index (χ2v) is 13.0. The third-order valence-electron chi connectivity index (χ3n) is 9.18. The second-order valence-electron chi connectivity index (χ2n) is 11.9. The summed E-state index contributed by atoms with van der Waals surface area (Å²) in [6, 6.07) is 4.15. The maximum atomic E-state index is 12.0. The zero-order valence-electron chi connectivity index (χ0n) is 26.1. The first-order valence-corrected chi connectivity index (χ1v) is 16.5. The third-order valence-corrected chi connectivity index (χ3v) is 10.3. The van der Waals surface area contributed by atoms with Gasteiger partial charge in [0.15, 0.2) is 23.1 Å². The minimum atomic E-state index is -0.628. The SMILES string of the molecule is C=C[C@H](Oc1cc(/N=C/C=C(\N)C(=O)OCC)nc(-c2noc3c2CCC[C@@]32CCCc3sc(N)c(C#N)c32)n1)[C@@H]1CCCN1C. The number of thiophene rings is 1. The predicted molar refractivity (Wildman–Crippen MR) is 175 cm³/mol. The first kappa shape index (κ1) is 31.4. The zero-order chi connectivity index (χ0) is 32.4. The summed E-state index contributed by atoms with van der Waals surface area (Å²) in [6.45, 7) is 6.92. The number of anilines is 1. The molecule has 1 saturated heterocycles. The van der Waals surface area contributed by atoms with Crippen molar-refractivity contribution in [1.29, 1.82) is 5.26 Å². The van der Waals surface area contributed by atoms with Crippen molar-refractivity contribution in [3.05, 3.63) is 57.8 Å². The van der Waals surface area contributed by atoms with Gasteiger partial charge in [-0.25, -0.2) is 14.8 Å². The number of nitriles is 1. The smallest absolute Gasteiger partial charge is 0.354 e. The van der Waals surface area contributed by atoms with Crippen LogP contribution in [0.4, 0.5) is 10.8 Å². The van der Waals surface area contributed by atoms with Crippen LogP contribution in [0, 0.1) is 11.3 Å². The Morgan fingerprint density at radius 3 is 2.87 bits per heavy atom. The zero-order valence-corrected chi connectivity index (χ0v) is 26.9. The van der Waals surface area contributed by atoms with E-state index >= 15 is 0 Å². The normalized spacial score (nSPS) is 21.9. The standard InChI is InChI=1S/C33H38N8O4S/c1-4-23(22-10-8-16-41(22)3)44-26-17-25(37-15-12-21(35)32(42)43-5-2)38-31(39-26)28-19-9-6-13-33(29(19)45-40-28)14-7-11-24-27(33)20(18-34)30(36)46-24/h4,12,15,17,22-23H,1,5-11,13-14,16,35-36H2,2-3H3/b21-12-,37-15+/t22-,23-,33-/m0/s1. The number of hydrogen-bond donors (Lipinski definition) is 2. The molecule has 1 fully saturated rings. The summed E-state index contributed by atoms with van der Waals surface area (Å²) in [5.74, 6) is 1.03. The highest BCUT2D eigenvalue weighted by atomic mass is 32.1. The summed E-state index contributed by atoms with van der Waals surface area (Å²) in [5.41, 5.74) is 14.6. The highest BCUT2D eigenvalue weighted by Gasteiger charge is 2.48. The molecule has 0 unspecified atom stereocenters. The maximum Gasteiger partial charge on any atom is 0.354 e. The van der Waals surface area contributed by atoms with E-state index < -0.39 is 11.4 Å². The molecular formula is C33H38N8O4S. The number of nitrogens with zero attached hydrogens (tertiary/aromatic N) is 6. The molecule has 3 aromatic heterocycles. The topological polar surface area (TPSA) is 179 Å². The molecule has 46 heavy (non-hydrogen) atoms. The first-order valence-electron chi connectivity index (χ1n) is 15.7. The van der Waals surface area contributed by atoms with Gasteiger partial charge in [0.1, 0.15) is 22.9 Å². The van der Waals surface area contributed by atoms with Crippen LogP contribution in [0.15, 0.2) is 40.0 Å². The molecule has 1 spiro atoms. The number of allylic oxidation sites excluding steroid dienone is 1. The number of esters is 1. The van der Waals surface area contributed by atoms with Crippen LogP contribution in [0.2, 0.25) is 0 Å². The van der Waals surface area contributed by atoms with Gasteiger partial charge in [-0.1, -0.05) is 11.7 Å². The lowest BCUT2D eigenvalue weighted by Crippen LogP contribution is -2.38. The number of nitrogens with two attached hydrogens (primary N) is 2. The molecule has 12 nitrogen and oxygen atoms in total. The number of likely N-dealkylation sites (tertiary alicyclic amines) is 1. The molecular weight excluding hydrogens is 604 g/mol. The van der Waals surface area contributed by atoms with E-state index in [-0.39, 0.29) is 30.3 Å². The van der Waals surface area contributed by atoms with Gasteiger partial charge in [-0.3, -0.25) is 4.90 Å².